The lowest BCUT2D eigenvalue weighted by Crippen LogP contribution is -2.29. The molecule has 9 nitrogen and oxygen atoms in total. The highest BCUT2D eigenvalue weighted by Gasteiger charge is 2.17. The van der Waals surface area contributed by atoms with E-state index in [1.165, 1.54) is 4.57 Å². The Balaban J connectivity index is 1.84. The standard InChI is InChI=1S/C18H23N5O4/c1-12(24)11-19-17-20-15-14(16(25)21-18(26)22(15)2)23(17)9-6-10-27-13-7-4-3-5-8-13/h3-5,7-8,12,24H,6,9-11H2,1-2H3,(H,19,20)(H,21,25,26)/t12-/m0/s1. The summed E-state index contributed by atoms with van der Waals surface area (Å²) in [5.41, 5.74) is -0.410. The Kier molecular flexibility index (Phi) is 5.60. The molecule has 27 heavy (non-hydrogen) atoms. The van der Waals surface area contributed by atoms with Gasteiger partial charge in [-0.15, -0.1) is 0 Å². The van der Waals surface area contributed by atoms with Gasteiger partial charge >= 0.3 is 5.69 Å². The first-order valence-corrected chi connectivity index (χ1v) is 8.76. The number of aliphatic hydroxyl groups excluding tert-OH is 1. The van der Waals surface area contributed by atoms with Crippen molar-refractivity contribution in [2.24, 2.45) is 7.05 Å². The molecular weight excluding hydrogens is 350 g/mol. The van der Waals surface area contributed by atoms with Crippen LogP contribution >= 0.6 is 0 Å². The first-order valence-electron chi connectivity index (χ1n) is 8.76. The van der Waals surface area contributed by atoms with E-state index in [-0.39, 0.29) is 6.54 Å². The molecule has 0 fully saturated rings. The summed E-state index contributed by atoms with van der Waals surface area (Å²) in [5, 5.41) is 12.6. The molecule has 9 heteroatoms. The number of aliphatic hydroxyl groups is 1. The molecule has 0 aliphatic carbocycles. The van der Waals surface area contributed by atoms with Gasteiger partial charge in [-0.25, -0.2) is 4.79 Å². The highest BCUT2D eigenvalue weighted by molar-refractivity contribution is 5.74. The molecule has 0 aliphatic heterocycles. The molecule has 0 amide bonds. The number of hydrogen-bond acceptors (Lipinski definition) is 6. The third kappa shape index (κ3) is 4.20. The summed E-state index contributed by atoms with van der Waals surface area (Å²) >= 11 is 0. The maximum Gasteiger partial charge on any atom is 0.329 e. The predicted molar refractivity (Wildman–Crippen MR) is 102 cm³/mol. The number of para-hydroxylation sites is 1. The third-order valence-electron chi connectivity index (χ3n) is 4.10. The molecule has 3 N–H and O–H groups in total. The number of H-pyrrole nitrogens is 1. The largest absolute Gasteiger partial charge is 0.494 e. The van der Waals surface area contributed by atoms with E-state index in [1.807, 2.05) is 30.3 Å². The van der Waals surface area contributed by atoms with E-state index in [0.717, 1.165) is 5.75 Å². The first kappa shape index (κ1) is 18.7. The summed E-state index contributed by atoms with van der Waals surface area (Å²) in [5.74, 6) is 1.21. The average molecular weight is 373 g/mol. The number of aromatic nitrogens is 4. The Bertz CT molecular complexity index is 1020. The number of fused-ring (bicyclic) bond motifs is 1. The Hall–Kier alpha value is -3.07. The maximum atomic E-state index is 12.3. The quantitative estimate of drug-likeness (QED) is 0.501. The lowest BCUT2D eigenvalue weighted by molar-refractivity contribution is 0.208. The molecule has 0 unspecified atom stereocenters. The van der Waals surface area contributed by atoms with Gasteiger partial charge in [0.1, 0.15) is 5.75 Å². The van der Waals surface area contributed by atoms with Gasteiger partial charge in [0.15, 0.2) is 11.2 Å². The zero-order valence-electron chi connectivity index (χ0n) is 15.3. The summed E-state index contributed by atoms with van der Waals surface area (Å²) in [7, 11) is 1.55. The number of anilines is 1. The van der Waals surface area contributed by atoms with Crippen LogP contribution in [0.4, 0.5) is 5.95 Å². The number of aryl methyl sites for hydroxylation is 2. The number of hydrogen-bond donors (Lipinski definition) is 3. The second-order valence-electron chi connectivity index (χ2n) is 6.32. The van der Waals surface area contributed by atoms with Crippen molar-refractivity contribution in [3.8, 4) is 5.75 Å². The number of rotatable bonds is 8. The van der Waals surface area contributed by atoms with Gasteiger partial charge in [0.25, 0.3) is 5.56 Å². The summed E-state index contributed by atoms with van der Waals surface area (Å²) in [6.45, 7) is 2.85. The molecule has 144 valence electrons. The lowest BCUT2D eigenvalue weighted by atomic mass is 10.3. The van der Waals surface area contributed by atoms with Crippen LogP contribution in [0.25, 0.3) is 11.2 Å². The van der Waals surface area contributed by atoms with E-state index < -0.39 is 17.4 Å². The minimum Gasteiger partial charge on any atom is -0.494 e. The Morgan fingerprint density at radius 2 is 2.04 bits per heavy atom. The van der Waals surface area contributed by atoms with Crippen LogP contribution < -0.4 is 21.3 Å². The number of nitrogens with one attached hydrogen (secondary N) is 2. The van der Waals surface area contributed by atoms with E-state index in [2.05, 4.69) is 15.3 Å². The molecule has 3 rings (SSSR count). The fourth-order valence-electron chi connectivity index (χ4n) is 2.76. The van der Waals surface area contributed by atoms with Gasteiger partial charge in [-0.05, 0) is 25.5 Å². The van der Waals surface area contributed by atoms with Crippen LogP contribution in [0.5, 0.6) is 5.75 Å². The summed E-state index contributed by atoms with van der Waals surface area (Å²) < 4.78 is 8.70. The molecule has 1 aromatic carbocycles. The highest BCUT2D eigenvalue weighted by atomic mass is 16.5. The third-order valence-corrected chi connectivity index (χ3v) is 4.10. The number of benzene rings is 1. The lowest BCUT2D eigenvalue weighted by Gasteiger charge is -2.12. The van der Waals surface area contributed by atoms with Gasteiger partial charge in [-0.1, -0.05) is 18.2 Å². The average Bonchev–Trinajstić information content (AvgIpc) is 3.02. The molecule has 0 spiro atoms. The van der Waals surface area contributed by atoms with Crippen LogP contribution in [0.15, 0.2) is 39.9 Å². The fourth-order valence-corrected chi connectivity index (χ4v) is 2.76. The van der Waals surface area contributed by atoms with Gasteiger partial charge in [0, 0.05) is 20.1 Å². The molecular formula is C18H23N5O4. The van der Waals surface area contributed by atoms with E-state index >= 15 is 0 Å². The normalized spacial score (nSPS) is 12.3. The molecule has 1 atom stereocenters. The number of aromatic amines is 1. The van der Waals surface area contributed by atoms with Crippen molar-refractivity contribution in [2.75, 3.05) is 18.5 Å². The molecule has 0 bridgehead atoms. The SMILES string of the molecule is C[C@H](O)CNc1nc2c(c(=O)[nH]c(=O)n2C)n1CCCOc1ccccc1. The van der Waals surface area contributed by atoms with Gasteiger partial charge in [0.05, 0.1) is 12.7 Å². The molecule has 0 aliphatic rings. The molecule has 0 saturated carbocycles. The minimum atomic E-state index is -0.582. The van der Waals surface area contributed by atoms with E-state index in [1.54, 1.807) is 18.5 Å². The Labute approximate surface area is 155 Å². The van der Waals surface area contributed by atoms with Crippen molar-refractivity contribution in [1.82, 2.24) is 19.1 Å². The smallest absolute Gasteiger partial charge is 0.329 e. The Morgan fingerprint density at radius 1 is 1.30 bits per heavy atom. The van der Waals surface area contributed by atoms with Gasteiger partial charge in [-0.3, -0.25) is 14.3 Å². The van der Waals surface area contributed by atoms with Crippen LogP contribution in [0.1, 0.15) is 13.3 Å². The molecule has 0 radical (unpaired) electrons. The van der Waals surface area contributed by atoms with Gasteiger partial charge in [0.2, 0.25) is 5.95 Å². The summed E-state index contributed by atoms with van der Waals surface area (Å²) in [6, 6.07) is 9.47. The molecule has 2 aromatic heterocycles. The maximum absolute atomic E-state index is 12.3. The summed E-state index contributed by atoms with van der Waals surface area (Å²) in [4.78, 5) is 30.9. The predicted octanol–water partition coefficient (Wildman–Crippen LogP) is 0.685. The van der Waals surface area contributed by atoms with Crippen molar-refractivity contribution in [2.45, 2.75) is 26.0 Å². The van der Waals surface area contributed by atoms with E-state index in [4.69, 9.17) is 4.74 Å². The first-order chi connectivity index (χ1) is 13.0. The zero-order chi connectivity index (χ0) is 19.4. The van der Waals surface area contributed by atoms with Crippen molar-refractivity contribution in [3.05, 3.63) is 51.2 Å². The molecule has 0 saturated heterocycles. The fraction of sp³-hybridized carbons (Fsp3) is 0.389. The number of nitrogens with zero attached hydrogens (tertiary/aromatic N) is 3. The van der Waals surface area contributed by atoms with Crippen LogP contribution in [0, 0.1) is 0 Å². The van der Waals surface area contributed by atoms with Gasteiger partial charge < -0.3 is 19.7 Å². The second-order valence-corrected chi connectivity index (χ2v) is 6.32. The van der Waals surface area contributed by atoms with Crippen LogP contribution in [0.3, 0.4) is 0 Å². The zero-order valence-corrected chi connectivity index (χ0v) is 15.3. The van der Waals surface area contributed by atoms with Crippen molar-refractivity contribution in [3.63, 3.8) is 0 Å². The van der Waals surface area contributed by atoms with Gasteiger partial charge in [-0.2, -0.15) is 4.98 Å². The number of imidazole rings is 1. The van der Waals surface area contributed by atoms with Crippen molar-refractivity contribution < 1.29 is 9.84 Å². The van der Waals surface area contributed by atoms with E-state index in [9.17, 15) is 14.7 Å². The minimum absolute atomic E-state index is 0.274. The van der Waals surface area contributed by atoms with E-state index in [0.29, 0.717) is 36.7 Å². The summed E-state index contributed by atoms with van der Waals surface area (Å²) in [6.07, 6.45) is 0.0493. The Morgan fingerprint density at radius 3 is 2.74 bits per heavy atom. The van der Waals surface area contributed by atoms with Crippen LogP contribution in [-0.4, -0.2) is 43.5 Å². The van der Waals surface area contributed by atoms with Crippen LogP contribution in [-0.2, 0) is 13.6 Å². The highest BCUT2D eigenvalue weighted by Crippen LogP contribution is 2.16. The molecule has 3 aromatic rings. The van der Waals surface area contributed by atoms with Crippen LogP contribution in [0.2, 0.25) is 0 Å². The van der Waals surface area contributed by atoms with Crippen molar-refractivity contribution in [1.29, 1.82) is 0 Å². The topological polar surface area (TPSA) is 114 Å². The monoisotopic (exact) mass is 373 g/mol. The second kappa shape index (κ2) is 8.09. The van der Waals surface area contributed by atoms with Crippen molar-refractivity contribution >= 4 is 17.1 Å². The number of ether oxygens (including phenoxy) is 1. The molecule has 2 heterocycles.